The van der Waals surface area contributed by atoms with E-state index in [1.807, 2.05) is 31.2 Å². The van der Waals surface area contributed by atoms with Gasteiger partial charge >= 0.3 is 0 Å². The summed E-state index contributed by atoms with van der Waals surface area (Å²) < 4.78 is 0. The number of H-pyrrole nitrogens is 1. The van der Waals surface area contributed by atoms with Crippen LogP contribution in [0, 0.1) is 0 Å². The number of aromatic hydroxyl groups is 1. The Morgan fingerprint density at radius 1 is 1.29 bits per heavy atom. The minimum Gasteiger partial charge on any atom is -0.508 e. The monoisotopic (exact) mass is 301 g/mol. The third-order valence-electron chi connectivity index (χ3n) is 3.46. The highest BCUT2D eigenvalue weighted by Crippen LogP contribution is 2.22. The lowest BCUT2D eigenvalue weighted by Crippen LogP contribution is -2.19. The molecule has 0 radical (unpaired) electrons. The van der Waals surface area contributed by atoms with E-state index < -0.39 is 0 Å². The first kappa shape index (κ1) is 13.9. The molecule has 1 unspecified atom stereocenters. The Morgan fingerprint density at radius 3 is 2.90 bits per heavy atom. The number of nitrogens with zero attached hydrogens (tertiary/aromatic N) is 1. The molecular formula is C16H16ClN3O. The molecule has 3 rings (SSSR count). The topological polar surface area (TPSA) is 60.9 Å². The summed E-state index contributed by atoms with van der Waals surface area (Å²) in [6, 6.07) is 13.0. The summed E-state index contributed by atoms with van der Waals surface area (Å²) in [5, 5.41) is 13.8. The van der Waals surface area contributed by atoms with Crippen molar-refractivity contribution in [2.75, 3.05) is 0 Å². The molecule has 0 saturated carbocycles. The van der Waals surface area contributed by atoms with Crippen molar-refractivity contribution in [3.63, 3.8) is 0 Å². The lowest BCUT2D eigenvalue weighted by Gasteiger charge is -2.12. The number of imidazole rings is 1. The maximum absolute atomic E-state index is 9.81. The average molecular weight is 302 g/mol. The van der Waals surface area contributed by atoms with E-state index in [0.717, 1.165) is 22.4 Å². The second-order valence-electron chi connectivity index (χ2n) is 5.01. The zero-order valence-corrected chi connectivity index (χ0v) is 12.4. The van der Waals surface area contributed by atoms with E-state index in [1.165, 1.54) is 0 Å². The van der Waals surface area contributed by atoms with Gasteiger partial charge in [0.25, 0.3) is 0 Å². The van der Waals surface area contributed by atoms with E-state index in [9.17, 15) is 5.11 Å². The van der Waals surface area contributed by atoms with Gasteiger partial charge < -0.3 is 15.4 Å². The number of nitrogens with one attached hydrogen (secondary N) is 2. The molecule has 0 bridgehead atoms. The van der Waals surface area contributed by atoms with E-state index in [4.69, 9.17) is 11.6 Å². The summed E-state index contributed by atoms with van der Waals surface area (Å²) in [6.45, 7) is 2.55. The summed E-state index contributed by atoms with van der Waals surface area (Å²) >= 11 is 5.95. The second-order valence-corrected chi connectivity index (χ2v) is 5.45. The highest BCUT2D eigenvalue weighted by molar-refractivity contribution is 6.30. The second kappa shape index (κ2) is 5.76. The Balaban J connectivity index is 1.74. The predicted octanol–water partition coefficient (Wildman–Crippen LogP) is 3.77. The van der Waals surface area contributed by atoms with E-state index >= 15 is 0 Å². The van der Waals surface area contributed by atoms with Gasteiger partial charge in [0.15, 0.2) is 0 Å². The van der Waals surface area contributed by atoms with Gasteiger partial charge in [-0.05, 0) is 37.3 Å². The van der Waals surface area contributed by atoms with E-state index in [0.29, 0.717) is 11.6 Å². The third kappa shape index (κ3) is 3.01. The van der Waals surface area contributed by atoms with Crippen LogP contribution in [0.4, 0.5) is 0 Å². The number of benzene rings is 2. The number of phenols is 1. The summed E-state index contributed by atoms with van der Waals surface area (Å²) in [4.78, 5) is 7.85. The number of para-hydroxylation sites is 2. The molecule has 3 aromatic rings. The summed E-state index contributed by atoms with van der Waals surface area (Å²) in [5.41, 5.74) is 2.74. The zero-order valence-electron chi connectivity index (χ0n) is 11.6. The smallest absolute Gasteiger partial charge is 0.124 e. The highest BCUT2D eigenvalue weighted by Gasteiger charge is 2.11. The number of rotatable bonds is 4. The molecule has 3 N–H and O–H groups in total. The van der Waals surface area contributed by atoms with Gasteiger partial charge in [-0.2, -0.15) is 0 Å². The molecule has 0 spiro atoms. The van der Waals surface area contributed by atoms with Gasteiger partial charge in [-0.1, -0.05) is 23.7 Å². The molecule has 2 aromatic carbocycles. The van der Waals surface area contributed by atoms with E-state index in [2.05, 4.69) is 15.3 Å². The molecular weight excluding hydrogens is 286 g/mol. The van der Waals surface area contributed by atoms with Crippen LogP contribution in [0.2, 0.25) is 5.02 Å². The SMILES string of the molecule is CC(NCc1cc(Cl)ccc1O)c1nc2ccccc2[nH]1. The van der Waals surface area contributed by atoms with Crippen molar-refractivity contribution < 1.29 is 5.11 Å². The van der Waals surface area contributed by atoms with Crippen LogP contribution >= 0.6 is 11.6 Å². The van der Waals surface area contributed by atoms with Gasteiger partial charge in [-0.25, -0.2) is 4.98 Å². The summed E-state index contributed by atoms with van der Waals surface area (Å²) in [6.07, 6.45) is 0. The van der Waals surface area contributed by atoms with Gasteiger partial charge in [-0.3, -0.25) is 0 Å². The Morgan fingerprint density at radius 2 is 2.10 bits per heavy atom. The van der Waals surface area contributed by atoms with Crippen molar-refractivity contribution in [2.24, 2.45) is 0 Å². The first-order valence-electron chi connectivity index (χ1n) is 6.79. The first-order chi connectivity index (χ1) is 10.1. The molecule has 1 aromatic heterocycles. The van der Waals surface area contributed by atoms with Gasteiger partial charge in [-0.15, -0.1) is 0 Å². The fourth-order valence-corrected chi connectivity index (χ4v) is 2.43. The Bertz CT molecular complexity index is 736. The molecule has 0 saturated heterocycles. The van der Waals surface area contributed by atoms with Crippen LogP contribution in [-0.2, 0) is 6.54 Å². The Labute approximate surface area is 127 Å². The van der Waals surface area contributed by atoms with Crippen LogP contribution < -0.4 is 5.32 Å². The molecule has 1 heterocycles. The van der Waals surface area contributed by atoms with Crippen LogP contribution in [0.15, 0.2) is 42.5 Å². The minimum absolute atomic E-state index is 0.0378. The number of halogens is 1. The Kier molecular flexibility index (Phi) is 3.82. The zero-order chi connectivity index (χ0) is 14.8. The van der Waals surface area contributed by atoms with Crippen LogP contribution in [0.5, 0.6) is 5.75 Å². The average Bonchev–Trinajstić information content (AvgIpc) is 2.92. The number of aromatic nitrogens is 2. The largest absolute Gasteiger partial charge is 0.508 e. The van der Waals surface area contributed by atoms with Crippen LogP contribution in [0.1, 0.15) is 24.4 Å². The molecule has 0 aliphatic rings. The van der Waals surface area contributed by atoms with Crippen LogP contribution in [0.25, 0.3) is 11.0 Å². The maximum atomic E-state index is 9.81. The van der Waals surface area contributed by atoms with Crippen LogP contribution in [-0.4, -0.2) is 15.1 Å². The van der Waals surface area contributed by atoms with Crippen molar-refractivity contribution in [3.05, 3.63) is 58.9 Å². The molecule has 108 valence electrons. The normalized spacial score (nSPS) is 12.7. The lowest BCUT2D eigenvalue weighted by molar-refractivity contribution is 0.459. The van der Waals surface area contributed by atoms with Crippen molar-refractivity contribution >= 4 is 22.6 Å². The number of hydrogen-bond donors (Lipinski definition) is 3. The van der Waals surface area contributed by atoms with Crippen molar-refractivity contribution in [1.29, 1.82) is 0 Å². The fraction of sp³-hybridized carbons (Fsp3) is 0.188. The van der Waals surface area contributed by atoms with Gasteiger partial charge in [0, 0.05) is 17.1 Å². The Hall–Kier alpha value is -2.04. The number of aromatic amines is 1. The first-order valence-corrected chi connectivity index (χ1v) is 7.16. The molecule has 0 aliphatic heterocycles. The quantitative estimate of drug-likeness (QED) is 0.687. The molecule has 0 amide bonds. The predicted molar refractivity (Wildman–Crippen MR) is 84.5 cm³/mol. The highest BCUT2D eigenvalue weighted by atomic mass is 35.5. The minimum atomic E-state index is 0.0378. The summed E-state index contributed by atoms with van der Waals surface area (Å²) in [7, 11) is 0. The third-order valence-corrected chi connectivity index (χ3v) is 3.69. The number of hydrogen-bond acceptors (Lipinski definition) is 3. The lowest BCUT2D eigenvalue weighted by atomic mass is 10.2. The van der Waals surface area contributed by atoms with Crippen molar-refractivity contribution in [1.82, 2.24) is 15.3 Å². The van der Waals surface area contributed by atoms with Crippen molar-refractivity contribution in [3.8, 4) is 5.75 Å². The molecule has 1 atom stereocenters. The standard InChI is InChI=1S/C16H16ClN3O/c1-10(16-19-13-4-2-3-5-14(13)20-16)18-9-11-8-12(17)6-7-15(11)21/h2-8,10,18,21H,9H2,1H3,(H,19,20). The van der Waals surface area contributed by atoms with Gasteiger partial charge in [0.05, 0.1) is 17.1 Å². The maximum Gasteiger partial charge on any atom is 0.124 e. The summed E-state index contributed by atoms with van der Waals surface area (Å²) in [5.74, 6) is 1.11. The number of fused-ring (bicyclic) bond motifs is 1. The number of phenolic OH excluding ortho intramolecular Hbond substituents is 1. The van der Waals surface area contributed by atoms with Crippen LogP contribution in [0.3, 0.4) is 0 Å². The van der Waals surface area contributed by atoms with Gasteiger partial charge in [0.2, 0.25) is 0 Å². The molecule has 0 aliphatic carbocycles. The fourth-order valence-electron chi connectivity index (χ4n) is 2.23. The molecule has 5 heteroatoms. The van der Waals surface area contributed by atoms with Crippen molar-refractivity contribution in [2.45, 2.75) is 19.5 Å². The van der Waals surface area contributed by atoms with Gasteiger partial charge in [0.1, 0.15) is 11.6 Å². The molecule has 21 heavy (non-hydrogen) atoms. The molecule has 0 fully saturated rings. The van der Waals surface area contributed by atoms with E-state index in [-0.39, 0.29) is 11.8 Å². The molecule has 4 nitrogen and oxygen atoms in total. The van der Waals surface area contributed by atoms with E-state index in [1.54, 1.807) is 18.2 Å².